The summed E-state index contributed by atoms with van der Waals surface area (Å²) in [4.78, 5) is 23.2. The Morgan fingerprint density at radius 2 is 2.17 bits per heavy atom. The van der Waals surface area contributed by atoms with Crippen LogP contribution < -0.4 is 10.6 Å². The molecule has 0 aromatic carbocycles. The number of carbonyl (C=O) groups excluding carboxylic acids is 2. The molecule has 2 aromatic rings. The fourth-order valence-electron chi connectivity index (χ4n) is 1.78. The second kappa shape index (κ2) is 5.22. The molecule has 2 N–H and O–H groups in total. The van der Waals surface area contributed by atoms with Crippen molar-refractivity contribution in [1.82, 2.24) is 15.2 Å². The Balaban J connectivity index is 2.07. The smallest absolute Gasteiger partial charge is 0.268 e. The SMILES string of the molecule is CCNC(=O)CNC(=O)c1cc2sccc2n1C. The van der Waals surface area contributed by atoms with Crippen LogP contribution in [0.5, 0.6) is 0 Å². The quantitative estimate of drug-likeness (QED) is 0.869. The van der Waals surface area contributed by atoms with Crippen LogP contribution in [0.3, 0.4) is 0 Å². The lowest BCUT2D eigenvalue weighted by Gasteiger charge is -2.06. The number of fused-ring (bicyclic) bond motifs is 1. The molecule has 0 unspecified atom stereocenters. The zero-order valence-corrected chi connectivity index (χ0v) is 11.1. The first-order chi connectivity index (χ1) is 8.63. The Bertz CT molecular complexity index is 585. The third-order valence-corrected chi connectivity index (χ3v) is 3.53. The van der Waals surface area contributed by atoms with Crippen molar-refractivity contribution in [2.75, 3.05) is 13.1 Å². The van der Waals surface area contributed by atoms with Crippen LogP contribution in [-0.2, 0) is 11.8 Å². The summed E-state index contributed by atoms with van der Waals surface area (Å²) in [5.74, 6) is -0.408. The monoisotopic (exact) mass is 265 g/mol. The number of rotatable bonds is 4. The largest absolute Gasteiger partial charge is 0.355 e. The predicted molar refractivity (Wildman–Crippen MR) is 71.8 cm³/mol. The summed E-state index contributed by atoms with van der Waals surface area (Å²) in [6.45, 7) is 2.41. The topological polar surface area (TPSA) is 63.1 Å². The second-order valence-electron chi connectivity index (χ2n) is 3.89. The summed E-state index contributed by atoms with van der Waals surface area (Å²) < 4.78 is 2.90. The van der Waals surface area contributed by atoms with E-state index in [0.717, 1.165) is 10.2 Å². The van der Waals surface area contributed by atoms with Crippen molar-refractivity contribution < 1.29 is 9.59 Å². The van der Waals surface area contributed by atoms with Gasteiger partial charge in [-0.2, -0.15) is 0 Å². The number of thiophene rings is 1. The van der Waals surface area contributed by atoms with Gasteiger partial charge < -0.3 is 15.2 Å². The number of nitrogens with zero attached hydrogens (tertiary/aromatic N) is 1. The third kappa shape index (κ3) is 2.38. The molecule has 6 heteroatoms. The molecule has 0 atom stereocenters. The minimum atomic E-state index is -0.229. The molecule has 0 fully saturated rings. The van der Waals surface area contributed by atoms with Gasteiger partial charge >= 0.3 is 0 Å². The number of aryl methyl sites for hydroxylation is 1. The first kappa shape index (κ1) is 12.6. The lowest BCUT2D eigenvalue weighted by Crippen LogP contribution is -2.37. The fraction of sp³-hybridized carbons (Fsp3) is 0.333. The van der Waals surface area contributed by atoms with E-state index in [2.05, 4.69) is 10.6 Å². The van der Waals surface area contributed by atoms with E-state index in [1.165, 1.54) is 0 Å². The van der Waals surface area contributed by atoms with Gasteiger partial charge in [0, 0.05) is 13.6 Å². The van der Waals surface area contributed by atoms with Gasteiger partial charge in [-0.25, -0.2) is 0 Å². The first-order valence-corrected chi connectivity index (χ1v) is 6.59. The van der Waals surface area contributed by atoms with E-state index in [4.69, 9.17) is 0 Å². The maximum Gasteiger partial charge on any atom is 0.268 e. The number of carbonyl (C=O) groups is 2. The minimum Gasteiger partial charge on any atom is -0.355 e. The zero-order valence-electron chi connectivity index (χ0n) is 10.3. The molecule has 96 valence electrons. The van der Waals surface area contributed by atoms with Crippen molar-refractivity contribution in [3.05, 3.63) is 23.2 Å². The molecule has 0 saturated heterocycles. The summed E-state index contributed by atoms with van der Waals surface area (Å²) in [6, 6.07) is 3.81. The number of likely N-dealkylation sites (N-methyl/N-ethyl adjacent to an activating group) is 1. The number of amides is 2. The van der Waals surface area contributed by atoms with Crippen LogP contribution in [0.2, 0.25) is 0 Å². The highest BCUT2D eigenvalue weighted by atomic mass is 32.1. The molecule has 0 spiro atoms. The van der Waals surface area contributed by atoms with Gasteiger partial charge in [-0.05, 0) is 24.4 Å². The van der Waals surface area contributed by atoms with Crippen LogP contribution in [0, 0.1) is 0 Å². The van der Waals surface area contributed by atoms with Crippen LogP contribution in [0.15, 0.2) is 17.5 Å². The van der Waals surface area contributed by atoms with E-state index >= 15 is 0 Å². The summed E-state index contributed by atoms with van der Waals surface area (Å²) in [6.07, 6.45) is 0. The maximum absolute atomic E-state index is 11.9. The summed E-state index contributed by atoms with van der Waals surface area (Å²) in [5, 5.41) is 7.23. The second-order valence-corrected chi connectivity index (χ2v) is 4.84. The molecule has 0 aliphatic carbocycles. The highest BCUT2D eigenvalue weighted by molar-refractivity contribution is 7.17. The first-order valence-electron chi connectivity index (χ1n) is 5.71. The van der Waals surface area contributed by atoms with Crippen molar-refractivity contribution in [2.45, 2.75) is 6.92 Å². The molecule has 18 heavy (non-hydrogen) atoms. The Hall–Kier alpha value is -1.82. The van der Waals surface area contributed by atoms with Crippen LogP contribution in [0.1, 0.15) is 17.4 Å². The predicted octanol–water partition coefficient (Wildman–Crippen LogP) is 1.11. The van der Waals surface area contributed by atoms with Gasteiger partial charge in [0.1, 0.15) is 5.69 Å². The van der Waals surface area contributed by atoms with Gasteiger partial charge in [0.05, 0.1) is 16.8 Å². The van der Waals surface area contributed by atoms with Gasteiger partial charge in [-0.1, -0.05) is 0 Å². The lowest BCUT2D eigenvalue weighted by atomic mass is 10.4. The van der Waals surface area contributed by atoms with E-state index in [-0.39, 0.29) is 18.4 Å². The Labute approximate surface area is 109 Å². The van der Waals surface area contributed by atoms with E-state index in [0.29, 0.717) is 12.2 Å². The average Bonchev–Trinajstić information content (AvgIpc) is 2.90. The van der Waals surface area contributed by atoms with E-state index < -0.39 is 0 Å². The number of aromatic nitrogens is 1. The number of hydrogen-bond donors (Lipinski definition) is 2. The van der Waals surface area contributed by atoms with Gasteiger partial charge in [-0.3, -0.25) is 9.59 Å². The number of nitrogens with one attached hydrogen (secondary N) is 2. The Kier molecular flexibility index (Phi) is 3.66. The molecular formula is C12H15N3O2S. The molecule has 0 aliphatic heterocycles. The minimum absolute atomic E-state index is 0.00546. The molecule has 5 nitrogen and oxygen atoms in total. The Morgan fingerprint density at radius 3 is 2.83 bits per heavy atom. The highest BCUT2D eigenvalue weighted by Gasteiger charge is 2.14. The van der Waals surface area contributed by atoms with Crippen molar-refractivity contribution >= 4 is 33.4 Å². The van der Waals surface area contributed by atoms with Crippen LogP contribution in [0.25, 0.3) is 10.2 Å². The molecule has 0 radical (unpaired) electrons. The van der Waals surface area contributed by atoms with Crippen LogP contribution in [0.4, 0.5) is 0 Å². The average molecular weight is 265 g/mol. The van der Waals surface area contributed by atoms with Crippen molar-refractivity contribution in [1.29, 1.82) is 0 Å². The maximum atomic E-state index is 11.9. The van der Waals surface area contributed by atoms with Crippen molar-refractivity contribution in [2.24, 2.45) is 7.05 Å². The van der Waals surface area contributed by atoms with E-state index in [1.807, 2.05) is 36.1 Å². The molecule has 2 rings (SSSR count). The normalized spacial score (nSPS) is 10.6. The van der Waals surface area contributed by atoms with Crippen LogP contribution >= 0.6 is 11.3 Å². The van der Waals surface area contributed by atoms with Crippen LogP contribution in [-0.4, -0.2) is 29.5 Å². The standard InChI is InChI=1S/C12H15N3O2S/c1-3-13-11(16)7-14-12(17)9-6-10-8(15(9)2)4-5-18-10/h4-6H,3,7H2,1-2H3,(H,13,16)(H,14,17). The van der Waals surface area contributed by atoms with E-state index in [9.17, 15) is 9.59 Å². The number of hydrogen-bond acceptors (Lipinski definition) is 3. The van der Waals surface area contributed by atoms with Gasteiger partial charge in [0.15, 0.2) is 0 Å². The summed E-state index contributed by atoms with van der Waals surface area (Å²) in [5.41, 5.74) is 1.60. The summed E-state index contributed by atoms with van der Waals surface area (Å²) >= 11 is 1.59. The van der Waals surface area contributed by atoms with Gasteiger partial charge in [-0.15, -0.1) is 11.3 Å². The van der Waals surface area contributed by atoms with E-state index in [1.54, 1.807) is 11.3 Å². The third-order valence-electron chi connectivity index (χ3n) is 2.68. The van der Waals surface area contributed by atoms with Crippen molar-refractivity contribution in [3.63, 3.8) is 0 Å². The van der Waals surface area contributed by atoms with Gasteiger partial charge in [0.25, 0.3) is 5.91 Å². The Morgan fingerprint density at radius 1 is 1.39 bits per heavy atom. The molecule has 0 aliphatic rings. The lowest BCUT2D eigenvalue weighted by molar-refractivity contribution is -0.120. The molecular weight excluding hydrogens is 250 g/mol. The molecule has 2 amide bonds. The zero-order chi connectivity index (χ0) is 13.1. The molecule has 0 saturated carbocycles. The molecule has 0 bridgehead atoms. The highest BCUT2D eigenvalue weighted by Crippen LogP contribution is 2.23. The van der Waals surface area contributed by atoms with Crippen molar-refractivity contribution in [3.8, 4) is 0 Å². The summed E-state index contributed by atoms with van der Waals surface area (Å²) in [7, 11) is 1.84. The molecule has 2 aromatic heterocycles. The van der Waals surface area contributed by atoms with Gasteiger partial charge in [0.2, 0.25) is 5.91 Å². The fourth-order valence-corrected chi connectivity index (χ4v) is 2.63. The molecule has 2 heterocycles.